The number of hydrogen-bond acceptors (Lipinski definition) is 2. The van der Waals surface area contributed by atoms with Gasteiger partial charge in [0.25, 0.3) is 0 Å². The zero-order valence-corrected chi connectivity index (χ0v) is 9.80. The number of hydrogen-bond donors (Lipinski definition) is 2. The Bertz CT molecular complexity index is 372. The summed E-state index contributed by atoms with van der Waals surface area (Å²) in [4.78, 5) is 11.5. The van der Waals surface area contributed by atoms with Gasteiger partial charge in [-0.05, 0) is 32.9 Å². The fourth-order valence-corrected chi connectivity index (χ4v) is 1.10. The van der Waals surface area contributed by atoms with Crippen LogP contribution >= 0.6 is 0 Å². The molecule has 0 unspecified atom stereocenters. The van der Waals surface area contributed by atoms with E-state index >= 15 is 0 Å². The molecule has 16 heavy (non-hydrogen) atoms. The average Bonchev–Trinajstić information content (AvgIpc) is 2.18. The molecule has 0 aliphatic rings. The number of benzene rings is 1. The van der Waals surface area contributed by atoms with E-state index in [0.717, 1.165) is 0 Å². The largest absolute Gasteiger partial charge is 0.322 e. The first-order valence-electron chi connectivity index (χ1n) is 5.18. The van der Waals surface area contributed by atoms with Crippen LogP contribution in [0.1, 0.15) is 20.8 Å². The van der Waals surface area contributed by atoms with Gasteiger partial charge in [0.05, 0.1) is 12.2 Å². The molecule has 0 fully saturated rings. The van der Waals surface area contributed by atoms with E-state index in [0.29, 0.717) is 0 Å². The summed E-state index contributed by atoms with van der Waals surface area (Å²) in [6, 6.07) is 6.10. The first-order valence-corrected chi connectivity index (χ1v) is 5.18. The summed E-state index contributed by atoms with van der Waals surface area (Å²) in [5.74, 6) is -0.674. The summed E-state index contributed by atoms with van der Waals surface area (Å²) in [7, 11) is 0. The second-order valence-electron chi connectivity index (χ2n) is 4.63. The molecule has 0 saturated carbocycles. The summed E-state index contributed by atoms with van der Waals surface area (Å²) < 4.78 is 13.2. The van der Waals surface area contributed by atoms with Gasteiger partial charge in [0.15, 0.2) is 0 Å². The summed E-state index contributed by atoms with van der Waals surface area (Å²) in [6.45, 7) is 6.05. The normalized spacial score (nSPS) is 11.2. The molecule has 3 nitrogen and oxygen atoms in total. The van der Waals surface area contributed by atoms with Crippen molar-refractivity contribution in [1.29, 1.82) is 0 Å². The van der Waals surface area contributed by atoms with E-state index in [-0.39, 0.29) is 23.7 Å². The molecule has 0 aromatic heterocycles. The first kappa shape index (κ1) is 12.6. The Balaban J connectivity index is 2.50. The molecule has 0 spiro atoms. The maximum Gasteiger partial charge on any atom is 0.238 e. The summed E-state index contributed by atoms with van der Waals surface area (Å²) >= 11 is 0. The van der Waals surface area contributed by atoms with Gasteiger partial charge in [0.1, 0.15) is 5.82 Å². The topological polar surface area (TPSA) is 41.1 Å². The Labute approximate surface area is 95.0 Å². The lowest BCUT2D eigenvalue weighted by Gasteiger charge is -2.20. The molecule has 0 aliphatic carbocycles. The molecule has 2 N–H and O–H groups in total. The van der Waals surface area contributed by atoms with E-state index in [1.807, 2.05) is 20.8 Å². The van der Waals surface area contributed by atoms with E-state index in [1.165, 1.54) is 12.1 Å². The van der Waals surface area contributed by atoms with Gasteiger partial charge in [0, 0.05) is 5.54 Å². The van der Waals surface area contributed by atoms with Gasteiger partial charge in [-0.25, -0.2) is 4.39 Å². The highest BCUT2D eigenvalue weighted by Gasteiger charge is 2.12. The van der Waals surface area contributed by atoms with Crippen LogP contribution in [0.2, 0.25) is 0 Å². The van der Waals surface area contributed by atoms with Crippen LogP contribution in [0.5, 0.6) is 0 Å². The third-order valence-corrected chi connectivity index (χ3v) is 1.93. The SMILES string of the molecule is CC(C)(C)NCC(=O)Nc1ccccc1F. The van der Waals surface area contributed by atoms with Crippen LogP contribution in [0.4, 0.5) is 10.1 Å². The molecule has 1 aromatic rings. The molecule has 1 rings (SSSR count). The predicted molar refractivity (Wildman–Crippen MR) is 62.8 cm³/mol. The second-order valence-corrected chi connectivity index (χ2v) is 4.63. The van der Waals surface area contributed by atoms with Gasteiger partial charge in [-0.2, -0.15) is 0 Å². The number of carbonyl (C=O) groups excluding carboxylic acids is 1. The van der Waals surface area contributed by atoms with E-state index in [4.69, 9.17) is 0 Å². The zero-order chi connectivity index (χ0) is 12.2. The molecule has 1 aromatic carbocycles. The molecule has 0 saturated heterocycles. The van der Waals surface area contributed by atoms with Crippen LogP contribution < -0.4 is 10.6 Å². The summed E-state index contributed by atoms with van der Waals surface area (Å²) in [5, 5.41) is 5.53. The number of nitrogens with one attached hydrogen (secondary N) is 2. The zero-order valence-electron chi connectivity index (χ0n) is 9.80. The molecular formula is C12H17FN2O. The van der Waals surface area contributed by atoms with E-state index in [1.54, 1.807) is 12.1 Å². The smallest absolute Gasteiger partial charge is 0.238 e. The maximum atomic E-state index is 13.2. The number of halogens is 1. The molecule has 0 aliphatic heterocycles. The highest BCUT2D eigenvalue weighted by atomic mass is 19.1. The monoisotopic (exact) mass is 224 g/mol. The van der Waals surface area contributed by atoms with Crippen LogP contribution in [-0.4, -0.2) is 18.0 Å². The highest BCUT2D eigenvalue weighted by Crippen LogP contribution is 2.11. The Morgan fingerprint density at radius 1 is 1.31 bits per heavy atom. The highest BCUT2D eigenvalue weighted by molar-refractivity contribution is 5.92. The summed E-state index contributed by atoms with van der Waals surface area (Å²) in [5.41, 5.74) is 0.0789. The number of carbonyl (C=O) groups is 1. The Morgan fingerprint density at radius 2 is 1.94 bits per heavy atom. The molecule has 0 bridgehead atoms. The third kappa shape index (κ3) is 4.40. The minimum Gasteiger partial charge on any atom is -0.322 e. The van der Waals surface area contributed by atoms with Gasteiger partial charge in [-0.3, -0.25) is 4.79 Å². The Kier molecular flexibility index (Phi) is 4.01. The van der Waals surface area contributed by atoms with Crippen molar-refractivity contribution in [3.8, 4) is 0 Å². The molecule has 0 heterocycles. The third-order valence-electron chi connectivity index (χ3n) is 1.93. The van der Waals surface area contributed by atoms with Gasteiger partial charge < -0.3 is 10.6 Å². The molecule has 1 amide bonds. The maximum absolute atomic E-state index is 13.2. The van der Waals surface area contributed by atoms with E-state index < -0.39 is 5.82 Å². The molecule has 88 valence electrons. The van der Waals surface area contributed by atoms with Crippen LogP contribution in [0.3, 0.4) is 0 Å². The number of amides is 1. The lowest BCUT2D eigenvalue weighted by atomic mass is 10.1. The van der Waals surface area contributed by atoms with Crippen LogP contribution in [0, 0.1) is 5.82 Å². The minimum atomic E-state index is -0.424. The second kappa shape index (κ2) is 5.07. The predicted octanol–water partition coefficient (Wildman–Crippen LogP) is 2.15. The fourth-order valence-electron chi connectivity index (χ4n) is 1.10. The number of rotatable bonds is 3. The van der Waals surface area contributed by atoms with Crippen molar-refractivity contribution in [2.75, 3.05) is 11.9 Å². The van der Waals surface area contributed by atoms with Crippen molar-refractivity contribution in [3.63, 3.8) is 0 Å². The summed E-state index contributed by atoms with van der Waals surface area (Å²) in [6.07, 6.45) is 0. The molecule has 0 atom stereocenters. The number of anilines is 1. The molecular weight excluding hydrogens is 207 g/mol. The van der Waals surface area contributed by atoms with E-state index in [9.17, 15) is 9.18 Å². The lowest BCUT2D eigenvalue weighted by molar-refractivity contribution is -0.115. The Hall–Kier alpha value is -1.42. The standard InChI is InChI=1S/C12H17FN2O/c1-12(2,3)14-8-11(16)15-10-7-5-4-6-9(10)13/h4-7,14H,8H2,1-3H3,(H,15,16). The van der Waals surface area contributed by atoms with Gasteiger partial charge in [0.2, 0.25) is 5.91 Å². The van der Waals surface area contributed by atoms with Crippen molar-refractivity contribution in [2.24, 2.45) is 0 Å². The number of para-hydroxylation sites is 1. The van der Waals surface area contributed by atoms with Crippen molar-refractivity contribution < 1.29 is 9.18 Å². The van der Waals surface area contributed by atoms with Gasteiger partial charge in [-0.1, -0.05) is 12.1 Å². The minimum absolute atomic E-state index is 0.132. The molecule has 4 heteroatoms. The van der Waals surface area contributed by atoms with Crippen molar-refractivity contribution in [1.82, 2.24) is 5.32 Å². The molecule has 0 radical (unpaired) electrons. The van der Waals surface area contributed by atoms with Crippen LogP contribution in [-0.2, 0) is 4.79 Å². The fraction of sp³-hybridized carbons (Fsp3) is 0.417. The Morgan fingerprint density at radius 3 is 2.50 bits per heavy atom. The van der Waals surface area contributed by atoms with Crippen molar-refractivity contribution in [3.05, 3.63) is 30.1 Å². The van der Waals surface area contributed by atoms with Crippen LogP contribution in [0.15, 0.2) is 24.3 Å². The van der Waals surface area contributed by atoms with Crippen molar-refractivity contribution in [2.45, 2.75) is 26.3 Å². The first-order chi connectivity index (χ1) is 7.38. The van der Waals surface area contributed by atoms with Gasteiger partial charge in [-0.15, -0.1) is 0 Å². The van der Waals surface area contributed by atoms with Crippen molar-refractivity contribution >= 4 is 11.6 Å². The van der Waals surface area contributed by atoms with Crippen LogP contribution in [0.25, 0.3) is 0 Å². The quantitative estimate of drug-likeness (QED) is 0.826. The van der Waals surface area contributed by atoms with Gasteiger partial charge >= 0.3 is 0 Å². The van der Waals surface area contributed by atoms with E-state index in [2.05, 4.69) is 10.6 Å². The lowest BCUT2D eigenvalue weighted by Crippen LogP contribution is -2.41. The average molecular weight is 224 g/mol.